The lowest BCUT2D eigenvalue weighted by molar-refractivity contribution is -0.870. The second-order valence-corrected chi connectivity index (χ2v) is 14.8. The fourth-order valence-electron chi connectivity index (χ4n) is 6.98. The van der Waals surface area contributed by atoms with E-state index in [0.29, 0.717) is 24.0 Å². The van der Waals surface area contributed by atoms with Crippen molar-refractivity contribution in [1.82, 2.24) is 0 Å². The predicted octanol–water partition coefficient (Wildman–Crippen LogP) is 12.3. The van der Waals surface area contributed by atoms with Gasteiger partial charge in [-0.15, -0.1) is 0 Å². The van der Waals surface area contributed by atoms with Gasteiger partial charge in [0.05, 0.1) is 27.7 Å². The van der Waals surface area contributed by atoms with Crippen molar-refractivity contribution in [2.24, 2.45) is 0 Å². The number of benzene rings is 5. The van der Waals surface area contributed by atoms with Crippen LogP contribution in [-0.4, -0.2) is 44.5 Å². The van der Waals surface area contributed by atoms with Gasteiger partial charge in [0.2, 0.25) is 0 Å². The molecule has 2 atom stereocenters. The first-order chi connectivity index (χ1) is 24.0. The Morgan fingerprint density at radius 1 is 0.451 bits per heavy atom. The van der Waals surface area contributed by atoms with Gasteiger partial charge >= 0.3 is 12.4 Å². The summed E-state index contributed by atoms with van der Waals surface area (Å²) in [6.45, 7) is 4.02. The monoisotopic (exact) mass is 702 g/mol. The number of quaternary nitrogens is 1. The maximum absolute atomic E-state index is 15.6. The van der Waals surface area contributed by atoms with E-state index in [4.69, 9.17) is 0 Å². The van der Waals surface area contributed by atoms with Crippen LogP contribution in [-0.2, 0) is 10.8 Å². The van der Waals surface area contributed by atoms with Crippen LogP contribution < -0.4 is 0 Å². The van der Waals surface area contributed by atoms with Gasteiger partial charge in [-0.05, 0) is 77.6 Å². The lowest BCUT2D eigenvalue weighted by Crippen LogP contribution is -2.43. The number of aryl methyl sites for hydroxylation is 1. The summed E-state index contributed by atoms with van der Waals surface area (Å²) in [6, 6.07) is 34.8. The van der Waals surface area contributed by atoms with Gasteiger partial charge in [0, 0.05) is 0 Å². The first-order valence-electron chi connectivity index (χ1n) is 17.3. The quantitative estimate of drug-likeness (QED) is 0.0690. The molecule has 7 heteroatoms. The van der Waals surface area contributed by atoms with Gasteiger partial charge in [0.1, 0.15) is 10.8 Å². The highest BCUT2D eigenvalue weighted by Crippen LogP contribution is 2.51. The third-order valence-electron chi connectivity index (χ3n) is 10.2. The molecule has 0 spiro atoms. The molecule has 0 bridgehead atoms. The smallest absolute Gasteiger partial charge is 0.331 e. The molecule has 0 aliphatic carbocycles. The van der Waals surface area contributed by atoms with Gasteiger partial charge in [0.25, 0.3) is 0 Å². The maximum Gasteiger partial charge on any atom is 0.402 e. The minimum absolute atomic E-state index is 0.0806. The molecular weight excluding hydrogens is 656 g/mol. The molecule has 0 N–H and O–H groups in total. The average Bonchev–Trinajstić information content (AvgIpc) is 3.09. The number of unbranched alkanes of at least 4 members (excludes halogenated alkanes) is 2. The summed E-state index contributed by atoms with van der Waals surface area (Å²) in [5, 5.41) is 0. The summed E-state index contributed by atoms with van der Waals surface area (Å²) in [5.74, 6) is 0. The molecule has 0 amide bonds. The molecule has 0 aliphatic rings. The van der Waals surface area contributed by atoms with Crippen LogP contribution in [0.3, 0.4) is 0 Å². The zero-order valence-electron chi connectivity index (χ0n) is 29.9. The van der Waals surface area contributed by atoms with Crippen molar-refractivity contribution in [3.63, 3.8) is 0 Å². The second kappa shape index (κ2) is 14.7. The summed E-state index contributed by atoms with van der Waals surface area (Å²) < 4.78 is 91.2. The Balaban J connectivity index is 1.50. The normalized spacial score (nSPS) is 14.9. The third-order valence-corrected chi connectivity index (χ3v) is 10.2. The minimum atomic E-state index is -4.60. The molecule has 5 aromatic rings. The molecule has 5 aromatic carbocycles. The molecule has 0 heterocycles. The number of halogens is 6. The van der Waals surface area contributed by atoms with Crippen LogP contribution in [0.5, 0.6) is 0 Å². The highest BCUT2D eigenvalue weighted by molar-refractivity contribution is 5.67. The topological polar surface area (TPSA) is 0 Å². The van der Waals surface area contributed by atoms with Gasteiger partial charge in [0.15, 0.2) is 0 Å². The summed E-state index contributed by atoms with van der Waals surface area (Å²) in [6.07, 6.45) is -7.39. The lowest BCUT2D eigenvalue weighted by atomic mass is 9.69. The maximum atomic E-state index is 15.6. The Bertz CT molecular complexity index is 1850. The van der Waals surface area contributed by atoms with E-state index in [1.54, 1.807) is 66.7 Å². The van der Waals surface area contributed by atoms with E-state index in [1.807, 2.05) is 31.2 Å². The van der Waals surface area contributed by atoms with E-state index in [9.17, 15) is 13.2 Å². The highest BCUT2D eigenvalue weighted by atomic mass is 19.4. The molecular formula is C44H46F6N+. The number of rotatable bonds is 12. The second-order valence-electron chi connectivity index (χ2n) is 14.8. The van der Waals surface area contributed by atoms with Gasteiger partial charge in [-0.25, -0.2) is 0 Å². The first kappa shape index (κ1) is 37.9. The Morgan fingerprint density at radius 2 is 0.843 bits per heavy atom. The van der Waals surface area contributed by atoms with Crippen LogP contribution in [0.2, 0.25) is 0 Å². The van der Waals surface area contributed by atoms with Crippen molar-refractivity contribution in [2.45, 2.75) is 62.7 Å². The number of hydrogen-bond acceptors (Lipinski definition) is 0. The SMILES string of the molecule is Cc1ccc(-c2ccc(C(CCCCC[N+](C)(C)C)(c3ccc(-c4ccc(C(C)(c5ccccc5)C(F)(F)F)cc4)cc3)C(F)(F)F)cc2)cc1. The molecule has 0 radical (unpaired) electrons. The van der Waals surface area contributed by atoms with Crippen LogP contribution in [0.1, 0.15) is 60.4 Å². The van der Waals surface area contributed by atoms with Crippen LogP contribution in [0.15, 0.2) is 127 Å². The zero-order chi connectivity index (χ0) is 37.1. The predicted molar refractivity (Wildman–Crippen MR) is 196 cm³/mol. The third kappa shape index (κ3) is 8.09. The summed E-state index contributed by atoms with van der Waals surface area (Å²) in [4.78, 5) is 0. The molecule has 0 aromatic heterocycles. The molecule has 5 rings (SSSR count). The van der Waals surface area contributed by atoms with Gasteiger partial charge in [-0.3, -0.25) is 0 Å². The molecule has 0 aliphatic heterocycles. The molecule has 0 saturated carbocycles. The van der Waals surface area contributed by atoms with Crippen LogP contribution in [0.25, 0.3) is 22.3 Å². The number of hydrogen-bond donors (Lipinski definition) is 0. The summed E-state index contributed by atoms with van der Waals surface area (Å²) in [5.41, 5.74) is 0.149. The summed E-state index contributed by atoms with van der Waals surface area (Å²) >= 11 is 0. The fraction of sp³-hybridized carbons (Fsp3) is 0.318. The Kier molecular flexibility index (Phi) is 10.9. The molecule has 268 valence electrons. The van der Waals surface area contributed by atoms with E-state index in [1.165, 1.54) is 43.3 Å². The highest BCUT2D eigenvalue weighted by Gasteiger charge is 2.56. The fourth-order valence-corrected chi connectivity index (χ4v) is 6.98. The molecule has 0 saturated heterocycles. The molecule has 1 nitrogen and oxygen atoms in total. The standard InChI is InChI=1S/C44H46F6N/c1-32-14-16-33(17-15-32)35-20-26-39(27-21-35)42(44(48,49)50,30-10-7-11-31-51(3,4)5)40-28-22-36(23-29-40)34-18-24-38(25-19-34)41(2,43(45,46)47)37-12-8-6-9-13-37/h6,8-9,12-29H,7,10-11,30-31H2,1-5H3/q+1. The van der Waals surface area contributed by atoms with E-state index in [0.717, 1.165) is 34.1 Å². The van der Waals surface area contributed by atoms with E-state index >= 15 is 13.2 Å². The van der Waals surface area contributed by atoms with Crippen LogP contribution in [0, 0.1) is 6.92 Å². The van der Waals surface area contributed by atoms with Gasteiger partial charge in [-0.1, -0.05) is 139 Å². The van der Waals surface area contributed by atoms with Gasteiger partial charge in [-0.2, -0.15) is 26.3 Å². The van der Waals surface area contributed by atoms with E-state index in [-0.39, 0.29) is 28.7 Å². The minimum Gasteiger partial charge on any atom is -0.331 e. The van der Waals surface area contributed by atoms with Crippen molar-refractivity contribution >= 4 is 0 Å². The van der Waals surface area contributed by atoms with Crippen molar-refractivity contribution in [3.8, 4) is 22.3 Å². The Labute approximate surface area is 298 Å². The molecule has 2 unspecified atom stereocenters. The number of nitrogens with zero attached hydrogens (tertiary/aromatic N) is 1. The average molecular weight is 703 g/mol. The molecule has 51 heavy (non-hydrogen) atoms. The zero-order valence-corrected chi connectivity index (χ0v) is 29.9. The van der Waals surface area contributed by atoms with Crippen molar-refractivity contribution in [3.05, 3.63) is 155 Å². The Hall–Kier alpha value is -4.36. The van der Waals surface area contributed by atoms with Crippen LogP contribution >= 0.6 is 0 Å². The van der Waals surface area contributed by atoms with E-state index in [2.05, 4.69) is 21.1 Å². The van der Waals surface area contributed by atoms with Crippen molar-refractivity contribution in [2.75, 3.05) is 27.7 Å². The van der Waals surface area contributed by atoms with Crippen molar-refractivity contribution in [1.29, 1.82) is 0 Å². The van der Waals surface area contributed by atoms with Gasteiger partial charge < -0.3 is 4.48 Å². The summed E-state index contributed by atoms with van der Waals surface area (Å²) in [7, 11) is 6.22. The lowest BCUT2D eigenvalue weighted by Gasteiger charge is -2.37. The molecule has 0 fully saturated rings. The first-order valence-corrected chi connectivity index (χ1v) is 17.3. The van der Waals surface area contributed by atoms with E-state index < -0.39 is 23.2 Å². The Morgan fingerprint density at radius 3 is 1.24 bits per heavy atom. The number of alkyl halides is 6. The van der Waals surface area contributed by atoms with Crippen LogP contribution in [0.4, 0.5) is 26.3 Å². The largest absolute Gasteiger partial charge is 0.402 e. The van der Waals surface area contributed by atoms with Crippen molar-refractivity contribution < 1.29 is 30.8 Å².